The van der Waals surface area contributed by atoms with Crippen molar-refractivity contribution in [3.63, 3.8) is 0 Å². The summed E-state index contributed by atoms with van der Waals surface area (Å²) in [5, 5.41) is 8.03. The molecule has 0 bridgehead atoms. The van der Waals surface area contributed by atoms with Gasteiger partial charge in [0.25, 0.3) is 0 Å². The Hall–Kier alpha value is -3.12. The lowest BCUT2D eigenvalue weighted by Gasteiger charge is -2.32. The van der Waals surface area contributed by atoms with Crippen molar-refractivity contribution in [3.8, 4) is 5.69 Å². The molecule has 2 aliphatic rings. The molecule has 2 amide bonds. The molecule has 0 unspecified atom stereocenters. The van der Waals surface area contributed by atoms with Gasteiger partial charge in [-0.3, -0.25) is 9.59 Å². The molecule has 2 aliphatic heterocycles. The average Bonchev–Trinajstić information content (AvgIpc) is 3.23. The number of carbonyl (C=O) groups is 2. The first-order chi connectivity index (χ1) is 14.4. The Labute approximate surface area is 179 Å². The van der Waals surface area contributed by atoms with E-state index in [1.54, 1.807) is 23.0 Å². The van der Waals surface area contributed by atoms with Gasteiger partial charge in [-0.05, 0) is 35.7 Å². The number of aromatic nitrogens is 2. The van der Waals surface area contributed by atoms with Crippen LogP contribution in [0.1, 0.15) is 31.4 Å². The Kier molecular flexibility index (Phi) is 4.22. The maximum atomic E-state index is 13.9. The minimum Gasteiger partial charge on any atom is -0.311 e. The summed E-state index contributed by atoms with van der Waals surface area (Å²) in [4.78, 5) is 28.6. The van der Waals surface area contributed by atoms with Crippen molar-refractivity contribution in [3.05, 3.63) is 70.9 Å². The fourth-order valence-corrected chi connectivity index (χ4v) is 4.78. The Morgan fingerprint density at radius 2 is 1.93 bits per heavy atom. The molecule has 0 fully saturated rings. The Balaban J connectivity index is 1.74. The average molecular weight is 421 g/mol. The lowest BCUT2D eigenvalue weighted by atomic mass is 9.72. The van der Waals surface area contributed by atoms with E-state index in [2.05, 4.69) is 24.3 Å². The zero-order valence-electron chi connectivity index (χ0n) is 16.7. The van der Waals surface area contributed by atoms with Crippen LogP contribution in [-0.2, 0) is 15.0 Å². The van der Waals surface area contributed by atoms with Crippen molar-refractivity contribution in [1.82, 2.24) is 9.78 Å². The van der Waals surface area contributed by atoms with Gasteiger partial charge in [0.1, 0.15) is 11.2 Å². The van der Waals surface area contributed by atoms with Crippen LogP contribution in [0.5, 0.6) is 0 Å². The number of para-hydroxylation sites is 1. The fraction of sp³-hybridized carbons (Fsp3) is 0.261. The topological polar surface area (TPSA) is 67.2 Å². The van der Waals surface area contributed by atoms with E-state index in [9.17, 15) is 9.59 Å². The van der Waals surface area contributed by atoms with E-state index < -0.39 is 5.41 Å². The number of halogens is 1. The van der Waals surface area contributed by atoms with E-state index in [-0.39, 0.29) is 18.2 Å². The van der Waals surface area contributed by atoms with Crippen molar-refractivity contribution >= 4 is 34.9 Å². The second kappa shape index (κ2) is 6.71. The normalized spacial score (nSPS) is 19.9. The molecule has 3 heterocycles. The van der Waals surface area contributed by atoms with Gasteiger partial charge < -0.3 is 10.2 Å². The lowest BCUT2D eigenvalue weighted by Crippen LogP contribution is -2.47. The molecule has 1 N–H and O–H groups in total. The molecule has 7 heteroatoms. The van der Waals surface area contributed by atoms with Gasteiger partial charge in [0.05, 0.1) is 11.9 Å². The number of carbonyl (C=O) groups excluding carboxylic acids is 2. The van der Waals surface area contributed by atoms with E-state index in [0.29, 0.717) is 28.9 Å². The largest absolute Gasteiger partial charge is 0.311 e. The van der Waals surface area contributed by atoms with Crippen LogP contribution < -0.4 is 10.2 Å². The van der Waals surface area contributed by atoms with Crippen molar-refractivity contribution in [1.29, 1.82) is 0 Å². The number of hydrogen-bond donors (Lipinski definition) is 1. The Morgan fingerprint density at radius 1 is 1.13 bits per heavy atom. The van der Waals surface area contributed by atoms with E-state index in [1.807, 2.05) is 41.3 Å². The van der Waals surface area contributed by atoms with Crippen LogP contribution in [0.2, 0.25) is 5.02 Å². The van der Waals surface area contributed by atoms with Gasteiger partial charge in [-0.25, -0.2) is 4.68 Å². The van der Waals surface area contributed by atoms with Crippen LogP contribution in [0, 0.1) is 5.92 Å². The maximum Gasteiger partial charge on any atom is 0.242 e. The molecular weight excluding hydrogens is 400 g/mol. The van der Waals surface area contributed by atoms with Gasteiger partial charge in [-0.2, -0.15) is 5.10 Å². The summed E-state index contributed by atoms with van der Waals surface area (Å²) in [5.41, 5.74) is 2.09. The Bertz CT molecular complexity index is 1190. The van der Waals surface area contributed by atoms with Crippen molar-refractivity contribution < 1.29 is 9.59 Å². The van der Waals surface area contributed by atoms with Crippen LogP contribution in [0.3, 0.4) is 0 Å². The zero-order chi connectivity index (χ0) is 21.0. The number of rotatable bonds is 3. The first-order valence-electron chi connectivity index (χ1n) is 9.97. The van der Waals surface area contributed by atoms with E-state index >= 15 is 0 Å². The maximum absolute atomic E-state index is 13.9. The smallest absolute Gasteiger partial charge is 0.242 e. The van der Waals surface area contributed by atoms with Gasteiger partial charge in [0.2, 0.25) is 11.8 Å². The van der Waals surface area contributed by atoms with Crippen LogP contribution in [0.4, 0.5) is 11.5 Å². The summed E-state index contributed by atoms with van der Waals surface area (Å²) in [6.45, 7) is 4.76. The number of amides is 2. The highest BCUT2D eigenvalue weighted by Gasteiger charge is 2.57. The number of fused-ring (bicyclic) bond motifs is 4. The van der Waals surface area contributed by atoms with Crippen molar-refractivity contribution in [2.45, 2.75) is 25.7 Å². The van der Waals surface area contributed by atoms with Gasteiger partial charge in [0.15, 0.2) is 0 Å². The molecule has 1 aromatic heterocycles. The van der Waals surface area contributed by atoms with Crippen molar-refractivity contribution in [2.75, 3.05) is 16.8 Å². The number of benzene rings is 2. The van der Waals surface area contributed by atoms with Crippen LogP contribution in [0.25, 0.3) is 5.69 Å². The molecule has 152 valence electrons. The molecule has 0 radical (unpaired) electrons. The predicted molar refractivity (Wildman–Crippen MR) is 116 cm³/mol. The first kappa shape index (κ1) is 18.9. The summed E-state index contributed by atoms with van der Waals surface area (Å²) in [7, 11) is 0. The molecule has 1 atom stereocenters. The number of anilines is 2. The predicted octanol–water partition coefficient (Wildman–Crippen LogP) is 4.16. The second-order valence-electron chi connectivity index (χ2n) is 8.26. The highest BCUT2D eigenvalue weighted by molar-refractivity contribution is 6.30. The van der Waals surface area contributed by atoms with Gasteiger partial charge in [-0.1, -0.05) is 49.7 Å². The van der Waals surface area contributed by atoms with E-state index in [1.165, 1.54) is 0 Å². The quantitative estimate of drug-likeness (QED) is 0.691. The lowest BCUT2D eigenvalue weighted by molar-refractivity contribution is -0.126. The van der Waals surface area contributed by atoms with Gasteiger partial charge in [0, 0.05) is 29.2 Å². The summed E-state index contributed by atoms with van der Waals surface area (Å²) < 4.78 is 1.64. The molecule has 0 saturated carbocycles. The number of nitrogens with zero attached hydrogens (tertiary/aromatic N) is 3. The summed E-state index contributed by atoms with van der Waals surface area (Å²) in [6, 6.07) is 15.0. The molecule has 3 aromatic rings. The number of hydrogen-bond acceptors (Lipinski definition) is 3. The first-order valence-corrected chi connectivity index (χ1v) is 10.4. The summed E-state index contributed by atoms with van der Waals surface area (Å²) >= 11 is 6.16. The summed E-state index contributed by atoms with van der Waals surface area (Å²) in [5.74, 6) is 0.534. The highest BCUT2D eigenvalue weighted by Crippen LogP contribution is 2.52. The summed E-state index contributed by atoms with van der Waals surface area (Å²) in [6.07, 6.45) is 1.76. The molecule has 6 nitrogen and oxygen atoms in total. The standard InChI is InChI=1S/C23H21ClN4O2/c1-14(2)13-27-19-9-4-3-8-17(19)23(22(27)30)11-20(29)26-21-18(23)12-25-28(21)16-7-5-6-15(24)10-16/h3-10,12,14H,11,13H2,1-2H3,(H,26,29)/t23-/m1/s1. The second-order valence-corrected chi connectivity index (χ2v) is 8.69. The van der Waals surface area contributed by atoms with Crippen LogP contribution >= 0.6 is 11.6 Å². The molecule has 2 aromatic carbocycles. The molecular formula is C23H21ClN4O2. The zero-order valence-corrected chi connectivity index (χ0v) is 17.5. The Morgan fingerprint density at radius 3 is 2.70 bits per heavy atom. The molecule has 0 aliphatic carbocycles. The molecule has 30 heavy (non-hydrogen) atoms. The van der Waals surface area contributed by atoms with Gasteiger partial charge >= 0.3 is 0 Å². The molecule has 5 rings (SSSR count). The van der Waals surface area contributed by atoms with Crippen LogP contribution in [-0.4, -0.2) is 28.1 Å². The van der Waals surface area contributed by atoms with E-state index in [4.69, 9.17) is 11.6 Å². The van der Waals surface area contributed by atoms with Crippen molar-refractivity contribution in [2.24, 2.45) is 5.92 Å². The molecule has 1 spiro atoms. The number of nitrogens with one attached hydrogen (secondary N) is 1. The van der Waals surface area contributed by atoms with E-state index in [0.717, 1.165) is 16.9 Å². The minimum atomic E-state index is -1.07. The monoisotopic (exact) mass is 420 g/mol. The third kappa shape index (κ3) is 2.60. The third-order valence-electron chi connectivity index (χ3n) is 5.78. The third-order valence-corrected chi connectivity index (χ3v) is 6.01. The molecule has 0 saturated heterocycles. The highest BCUT2D eigenvalue weighted by atomic mass is 35.5. The van der Waals surface area contributed by atoms with Gasteiger partial charge in [-0.15, -0.1) is 0 Å². The minimum absolute atomic E-state index is 0.0612. The SMILES string of the molecule is CC(C)CN1C(=O)[C@]2(CC(=O)Nc3c2cnn3-c2cccc(Cl)c2)c2ccccc21. The fourth-order valence-electron chi connectivity index (χ4n) is 4.60. The van der Waals surface area contributed by atoms with Crippen LogP contribution in [0.15, 0.2) is 54.7 Å².